The van der Waals surface area contributed by atoms with Crippen LogP contribution in [0.4, 0.5) is 5.69 Å². The molecule has 1 aromatic rings. The molecule has 2 fully saturated rings. The molecule has 3 nitrogen and oxygen atoms in total. The lowest BCUT2D eigenvalue weighted by molar-refractivity contribution is 0.0213. The summed E-state index contributed by atoms with van der Waals surface area (Å²) < 4.78 is 0. The average molecular weight is 266 g/mol. The summed E-state index contributed by atoms with van der Waals surface area (Å²) in [6.07, 6.45) is 1.29. The molecule has 0 amide bonds. The number of rotatable bonds is 3. The van der Waals surface area contributed by atoms with E-state index in [4.69, 9.17) is 17.3 Å². The number of halogens is 1. The molecule has 0 aromatic heterocycles. The van der Waals surface area contributed by atoms with Crippen LogP contribution in [0, 0.1) is 5.41 Å². The van der Waals surface area contributed by atoms with Crippen molar-refractivity contribution in [3.63, 3.8) is 0 Å². The zero-order chi connectivity index (χ0) is 12.6. The Labute approximate surface area is 114 Å². The topological polar surface area (TPSA) is 32.5 Å². The summed E-state index contributed by atoms with van der Waals surface area (Å²) in [5.74, 6) is 0. The molecule has 2 N–H and O–H groups in total. The molecule has 4 heteroatoms. The molecule has 0 bridgehead atoms. The smallest absolute Gasteiger partial charge is 0.0426 e. The van der Waals surface area contributed by atoms with Crippen LogP contribution in [0.3, 0.4) is 0 Å². The van der Waals surface area contributed by atoms with Crippen molar-refractivity contribution in [1.82, 2.24) is 4.90 Å². The summed E-state index contributed by atoms with van der Waals surface area (Å²) in [5.41, 5.74) is 7.37. The molecular weight excluding hydrogens is 246 g/mol. The molecule has 98 valence electrons. The maximum atomic E-state index is 6.06. The molecule has 1 spiro atoms. The van der Waals surface area contributed by atoms with Gasteiger partial charge in [-0.05, 0) is 24.6 Å². The van der Waals surface area contributed by atoms with E-state index in [2.05, 4.69) is 21.9 Å². The monoisotopic (exact) mass is 265 g/mol. The molecule has 2 aliphatic heterocycles. The molecule has 18 heavy (non-hydrogen) atoms. The molecule has 2 heterocycles. The van der Waals surface area contributed by atoms with Crippen LogP contribution in [0.15, 0.2) is 24.3 Å². The number of nitrogens with two attached hydrogens (primary N) is 1. The third-order valence-electron chi connectivity index (χ3n) is 4.18. The van der Waals surface area contributed by atoms with Gasteiger partial charge in [0.25, 0.3) is 0 Å². The maximum Gasteiger partial charge on any atom is 0.0426 e. The number of likely N-dealkylation sites (tertiary alicyclic amines) is 1. The van der Waals surface area contributed by atoms with E-state index in [0.29, 0.717) is 5.41 Å². The largest absolute Gasteiger partial charge is 0.371 e. The summed E-state index contributed by atoms with van der Waals surface area (Å²) in [5, 5.41) is 0.826. The van der Waals surface area contributed by atoms with Gasteiger partial charge in [-0.15, -0.1) is 0 Å². The predicted octanol–water partition coefficient (Wildman–Crippen LogP) is 1.81. The zero-order valence-electron chi connectivity index (χ0n) is 10.6. The molecular formula is C14H20ClN3. The number of hydrogen-bond acceptors (Lipinski definition) is 3. The summed E-state index contributed by atoms with van der Waals surface area (Å²) in [6.45, 7) is 6.54. The van der Waals surface area contributed by atoms with Gasteiger partial charge in [-0.3, -0.25) is 0 Å². The van der Waals surface area contributed by atoms with Gasteiger partial charge < -0.3 is 15.5 Å². The van der Waals surface area contributed by atoms with Crippen LogP contribution in [0.5, 0.6) is 0 Å². The summed E-state index contributed by atoms with van der Waals surface area (Å²) in [7, 11) is 0. The Kier molecular flexibility index (Phi) is 3.22. The molecule has 2 aliphatic rings. The summed E-state index contributed by atoms with van der Waals surface area (Å²) in [6, 6.07) is 8.19. The second-order valence-electron chi connectivity index (χ2n) is 5.65. The standard InChI is InChI=1S/C14H20ClN3/c15-12-2-1-3-13(8-12)18-6-4-14(11-18)9-17(10-14)7-5-16/h1-3,8H,4-7,9-11,16H2. The van der Waals surface area contributed by atoms with Gasteiger partial charge in [-0.25, -0.2) is 0 Å². The van der Waals surface area contributed by atoms with Crippen molar-refractivity contribution in [3.8, 4) is 0 Å². The molecule has 0 aliphatic carbocycles. The van der Waals surface area contributed by atoms with Gasteiger partial charge in [0, 0.05) is 55.4 Å². The van der Waals surface area contributed by atoms with Gasteiger partial charge >= 0.3 is 0 Å². The van der Waals surface area contributed by atoms with Gasteiger partial charge in [0.15, 0.2) is 0 Å². The lowest BCUT2D eigenvalue weighted by Crippen LogP contribution is -2.58. The van der Waals surface area contributed by atoms with Gasteiger partial charge in [-0.2, -0.15) is 0 Å². The van der Waals surface area contributed by atoms with Gasteiger partial charge in [-0.1, -0.05) is 17.7 Å². The molecule has 0 unspecified atom stereocenters. The van der Waals surface area contributed by atoms with Crippen molar-refractivity contribution in [2.24, 2.45) is 11.1 Å². The minimum Gasteiger partial charge on any atom is -0.371 e. The molecule has 3 rings (SSSR count). The van der Waals surface area contributed by atoms with E-state index in [1.54, 1.807) is 0 Å². The van der Waals surface area contributed by atoms with Gasteiger partial charge in [0.2, 0.25) is 0 Å². The average Bonchev–Trinajstić information content (AvgIpc) is 2.74. The maximum absolute atomic E-state index is 6.06. The third-order valence-corrected chi connectivity index (χ3v) is 4.41. The highest BCUT2D eigenvalue weighted by Crippen LogP contribution is 2.41. The van der Waals surface area contributed by atoms with Gasteiger partial charge in [0.1, 0.15) is 0 Å². The van der Waals surface area contributed by atoms with Crippen LogP contribution in [-0.2, 0) is 0 Å². The van der Waals surface area contributed by atoms with Crippen LogP contribution in [-0.4, -0.2) is 44.2 Å². The normalized spacial score (nSPS) is 22.4. The van der Waals surface area contributed by atoms with Crippen molar-refractivity contribution in [1.29, 1.82) is 0 Å². The van der Waals surface area contributed by atoms with E-state index in [1.807, 2.05) is 12.1 Å². The van der Waals surface area contributed by atoms with Gasteiger partial charge in [0.05, 0.1) is 0 Å². The highest BCUT2D eigenvalue weighted by Gasteiger charge is 2.47. The van der Waals surface area contributed by atoms with Crippen LogP contribution in [0.1, 0.15) is 6.42 Å². The van der Waals surface area contributed by atoms with Crippen LogP contribution in [0.25, 0.3) is 0 Å². The fourth-order valence-electron chi connectivity index (χ4n) is 3.33. The van der Waals surface area contributed by atoms with Crippen molar-refractivity contribution >= 4 is 17.3 Å². The van der Waals surface area contributed by atoms with E-state index >= 15 is 0 Å². The molecule has 0 saturated carbocycles. The second kappa shape index (κ2) is 4.72. The van der Waals surface area contributed by atoms with Crippen LogP contribution < -0.4 is 10.6 Å². The Morgan fingerprint density at radius 2 is 2.11 bits per heavy atom. The minimum atomic E-state index is 0.511. The second-order valence-corrected chi connectivity index (χ2v) is 6.09. The fraction of sp³-hybridized carbons (Fsp3) is 0.571. The van der Waals surface area contributed by atoms with E-state index in [1.165, 1.54) is 25.2 Å². The van der Waals surface area contributed by atoms with Crippen LogP contribution in [0.2, 0.25) is 5.02 Å². The fourth-order valence-corrected chi connectivity index (χ4v) is 3.51. The molecule has 1 aromatic carbocycles. The molecule has 2 saturated heterocycles. The molecule has 0 radical (unpaired) electrons. The number of anilines is 1. The number of hydrogen-bond donors (Lipinski definition) is 1. The van der Waals surface area contributed by atoms with E-state index in [9.17, 15) is 0 Å². The predicted molar refractivity (Wildman–Crippen MR) is 76.2 cm³/mol. The lowest BCUT2D eigenvalue weighted by Gasteiger charge is -2.48. The van der Waals surface area contributed by atoms with Crippen molar-refractivity contribution < 1.29 is 0 Å². The Balaban J connectivity index is 1.63. The quantitative estimate of drug-likeness (QED) is 0.905. The Morgan fingerprint density at radius 1 is 1.28 bits per heavy atom. The highest BCUT2D eigenvalue weighted by molar-refractivity contribution is 6.30. The van der Waals surface area contributed by atoms with Crippen molar-refractivity contribution in [3.05, 3.63) is 29.3 Å². The van der Waals surface area contributed by atoms with Crippen LogP contribution >= 0.6 is 11.6 Å². The first-order valence-electron chi connectivity index (χ1n) is 6.64. The first kappa shape index (κ1) is 12.3. The number of nitrogens with zero attached hydrogens (tertiary/aromatic N) is 2. The molecule has 0 atom stereocenters. The Morgan fingerprint density at radius 3 is 2.83 bits per heavy atom. The summed E-state index contributed by atoms with van der Waals surface area (Å²) in [4.78, 5) is 4.92. The lowest BCUT2D eigenvalue weighted by atomic mass is 9.79. The van der Waals surface area contributed by atoms with Crippen molar-refractivity contribution in [2.45, 2.75) is 6.42 Å². The van der Waals surface area contributed by atoms with E-state index < -0.39 is 0 Å². The first-order chi connectivity index (χ1) is 8.71. The van der Waals surface area contributed by atoms with Crippen molar-refractivity contribution in [2.75, 3.05) is 44.2 Å². The summed E-state index contributed by atoms with van der Waals surface area (Å²) >= 11 is 6.06. The highest BCUT2D eigenvalue weighted by atomic mass is 35.5. The van der Waals surface area contributed by atoms with E-state index in [0.717, 1.165) is 31.2 Å². The zero-order valence-corrected chi connectivity index (χ0v) is 11.4. The third kappa shape index (κ3) is 2.22. The number of benzene rings is 1. The first-order valence-corrected chi connectivity index (χ1v) is 7.02. The Hall–Kier alpha value is -0.770. The minimum absolute atomic E-state index is 0.511. The SMILES string of the molecule is NCCN1CC2(CCN(c3cccc(Cl)c3)C2)C1. The Bertz CT molecular complexity index is 429. The van der Waals surface area contributed by atoms with E-state index in [-0.39, 0.29) is 0 Å².